The molecule has 1 rings (SSSR count). The van der Waals surface area contributed by atoms with Crippen molar-refractivity contribution in [1.29, 1.82) is 0 Å². The molecule has 11 heavy (non-hydrogen) atoms. The number of hydrogen-bond acceptors (Lipinski definition) is 2. The van der Waals surface area contributed by atoms with Crippen LogP contribution in [0, 0.1) is 0 Å². The average molecular weight is 156 g/mol. The van der Waals surface area contributed by atoms with Crippen molar-refractivity contribution in [3.8, 4) is 0 Å². The second-order valence-electron chi connectivity index (χ2n) is 2.48. The molecule has 0 aliphatic carbocycles. The first-order valence-corrected chi connectivity index (χ1v) is 3.50. The molecule has 0 fully saturated rings. The van der Waals surface area contributed by atoms with Gasteiger partial charge in [-0.3, -0.25) is 4.57 Å². The van der Waals surface area contributed by atoms with Gasteiger partial charge in [-0.05, 0) is 6.92 Å². The van der Waals surface area contributed by atoms with Crippen molar-refractivity contribution in [3.05, 3.63) is 22.9 Å². The number of ether oxygens (including phenoxy) is 1. The molecule has 1 heterocycles. The maximum atomic E-state index is 11.0. The SMILES string of the molecule is COCC(C)n1cc[nH]c1=O. The lowest BCUT2D eigenvalue weighted by atomic mass is 10.4. The molecule has 0 aliphatic heterocycles. The van der Waals surface area contributed by atoms with E-state index in [0.29, 0.717) is 6.61 Å². The first-order chi connectivity index (χ1) is 5.25. The Morgan fingerprint density at radius 1 is 1.82 bits per heavy atom. The largest absolute Gasteiger partial charge is 0.383 e. The lowest BCUT2D eigenvalue weighted by Gasteiger charge is -2.09. The molecule has 1 aromatic heterocycles. The molecular formula is C7H12N2O2. The summed E-state index contributed by atoms with van der Waals surface area (Å²) >= 11 is 0. The number of hydrogen-bond donors (Lipinski definition) is 1. The van der Waals surface area contributed by atoms with Gasteiger partial charge in [0.05, 0.1) is 12.6 Å². The van der Waals surface area contributed by atoms with Crippen molar-refractivity contribution in [2.24, 2.45) is 0 Å². The van der Waals surface area contributed by atoms with Crippen molar-refractivity contribution in [2.45, 2.75) is 13.0 Å². The molecule has 0 radical (unpaired) electrons. The number of nitrogens with one attached hydrogen (secondary N) is 1. The number of rotatable bonds is 3. The first kappa shape index (κ1) is 8.07. The minimum Gasteiger partial charge on any atom is -0.383 e. The third-order valence-electron chi connectivity index (χ3n) is 1.56. The third kappa shape index (κ3) is 1.71. The van der Waals surface area contributed by atoms with Crippen LogP contribution in [0.2, 0.25) is 0 Å². The molecule has 0 bridgehead atoms. The molecule has 0 spiro atoms. The fourth-order valence-electron chi connectivity index (χ4n) is 1.000. The van der Waals surface area contributed by atoms with Gasteiger partial charge in [0.2, 0.25) is 0 Å². The van der Waals surface area contributed by atoms with E-state index in [-0.39, 0.29) is 11.7 Å². The quantitative estimate of drug-likeness (QED) is 0.687. The van der Waals surface area contributed by atoms with Gasteiger partial charge < -0.3 is 9.72 Å². The van der Waals surface area contributed by atoms with E-state index in [9.17, 15) is 4.79 Å². The van der Waals surface area contributed by atoms with Gasteiger partial charge in [0.1, 0.15) is 0 Å². The zero-order valence-electron chi connectivity index (χ0n) is 6.70. The summed E-state index contributed by atoms with van der Waals surface area (Å²) in [6.07, 6.45) is 3.33. The van der Waals surface area contributed by atoms with Gasteiger partial charge in [-0.25, -0.2) is 4.79 Å². The summed E-state index contributed by atoms with van der Waals surface area (Å²) in [6, 6.07) is 0.0961. The highest BCUT2D eigenvalue weighted by Gasteiger charge is 2.04. The number of aromatic nitrogens is 2. The van der Waals surface area contributed by atoms with Gasteiger partial charge >= 0.3 is 5.69 Å². The number of nitrogens with zero attached hydrogens (tertiary/aromatic N) is 1. The average Bonchev–Trinajstić information content (AvgIpc) is 2.36. The molecule has 0 aliphatic rings. The second kappa shape index (κ2) is 3.39. The van der Waals surface area contributed by atoms with Gasteiger partial charge in [-0.2, -0.15) is 0 Å². The molecule has 0 aromatic carbocycles. The van der Waals surface area contributed by atoms with Crippen LogP contribution in [0.25, 0.3) is 0 Å². The van der Waals surface area contributed by atoms with E-state index < -0.39 is 0 Å². The molecule has 0 saturated heterocycles. The highest BCUT2D eigenvalue weighted by Crippen LogP contribution is 1.99. The number of imidazole rings is 1. The first-order valence-electron chi connectivity index (χ1n) is 3.50. The fourth-order valence-corrected chi connectivity index (χ4v) is 1.000. The van der Waals surface area contributed by atoms with E-state index in [2.05, 4.69) is 4.98 Å². The summed E-state index contributed by atoms with van der Waals surface area (Å²) in [7, 11) is 1.62. The normalized spacial score (nSPS) is 13.3. The molecule has 1 atom stereocenters. The smallest absolute Gasteiger partial charge is 0.325 e. The summed E-state index contributed by atoms with van der Waals surface area (Å²) in [5, 5.41) is 0. The summed E-state index contributed by atoms with van der Waals surface area (Å²) < 4.78 is 6.51. The Morgan fingerprint density at radius 2 is 2.55 bits per heavy atom. The molecule has 1 N–H and O–H groups in total. The highest BCUT2D eigenvalue weighted by atomic mass is 16.5. The maximum Gasteiger partial charge on any atom is 0.325 e. The summed E-state index contributed by atoms with van der Waals surface area (Å²) in [4.78, 5) is 13.5. The van der Waals surface area contributed by atoms with Crippen molar-refractivity contribution >= 4 is 0 Å². The van der Waals surface area contributed by atoms with Crippen LogP contribution in [0.3, 0.4) is 0 Å². The Kier molecular flexibility index (Phi) is 2.48. The highest BCUT2D eigenvalue weighted by molar-refractivity contribution is 4.79. The van der Waals surface area contributed by atoms with Crippen molar-refractivity contribution in [1.82, 2.24) is 9.55 Å². The van der Waals surface area contributed by atoms with Crippen LogP contribution >= 0.6 is 0 Å². The van der Waals surface area contributed by atoms with E-state index in [1.807, 2.05) is 6.92 Å². The molecule has 1 aromatic rings. The van der Waals surface area contributed by atoms with E-state index in [4.69, 9.17) is 4.74 Å². The van der Waals surface area contributed by atoms with Gasteiger partial charge in [0.15, 0.2) is 0 Å². The fraction of sp³-hybridized carbons (Fsp3) is 0.571. The molecule has 1 unspecified atom stereocenters. The van der Waals surface area contributed by atoms with Crippen molar-refractivity contribution in [3.63, 3.8) is 0 Å². The Balaban J connectivity index is 2.75. The Morgan fingerprint density at radius 3 is 3.00 bits per heavy atom. The van der Waals surface area contributed by atoms with Crippen LogP contribution < -0.4 is 5.69 Å². The number of aromatic amines is 1. The van der Waals surface area contributed by atoms with Gasteiger partial charge in [0.25, 0.3) is 0 Å². The van der Waals surface area contributed by atoms with Crippen molar-refractivity contribution in [2.75, 3.05) is 13.7 Å². The van der Waals surface area contributed by atoms with Crippen LogP contribution in [0.1, 0.15) is 13.0 Å². The second-order valence-corrected chi connectivity index (χ2v) is 2.48. The van der Waals surface area contributed by atoms with Crippen molar-refractivity contribution < 1.29 is 4.74 Å². The van der Waals surface area contributed by atoms with Crippen LogP contribution in [0.5, 0.6) is 0 Å². The van der Waals surface area contributed by atoms with Crippen LogP contribution in [0.4, 0.5) is 0 Å². The van der Waals surface area contributed by atoms with Crippen LogP contribution in [-0.4, -0.2) is 23.3 Å². The van der Waals surface area contributed by atoms with E-state index >= 15 is 0 Å². The monoisotopic (exact) mass is 156 g/mol. The number of H-pyrrole nitrogens is 1. The minimum atomic E-state index is -0.0884. The Bertz CT molecular complexity index is 263. The van der Waals surface area contributed by atoms with Crippen LogP contribution in [0.15, 0.2) is 17.2 Å². The molecule has 0 amide bonds. The summed E-state index contributed by atoms with van der Waals surface area (Å²) in [5.41, 5.74) is -0.0884. The molecule has 4 heteroatoms. The molecular weight excluding hydrogens is 144 g/mol. The number of methoxy groups -OCH3 is 1. The Hall–Kier alpha value is -1.03. The summed E-state index contributed by atoms with van der Waals surface area (Å²) in [5.74, 6) is 0. The maximum absolute atomic E-state index is 11.0. The predicted molar refractivity (Wildman–Crippen MR) is 41.6 cm³/mol. The Labute approximate surface area is 64.8 Å². The topological polar surface area (TPSA) is 47.0 Å². The van der Waals surface area contributed by atoms with Crippen LogP contribution in [-0.2, 0) is 4.74 Å². The van der Waals surface area contributed by atoms with Gasteiger partial charge in [-0.15, -0.1) is 0 Å². The van der Waals surface area contributed by atoms with Gasteiger partial charge in [-0.1, -0.05) is 0 Å². The van der Waals surface area contributed by atoms with E-state index in [0.717, 1.165) is 0 Å². The van der Waals surface area contributed by atoms with E-state index in [1.54, 1.807) is 24.1 Å². The summed E-state index contributed by atoms with van der Waals surface area (Å²) in [6.45, 7) is 2.48. The standard InChI is InChI=1S/C7H12N2O2/c1-6(5-11-2)9-4-3-8-7(9)10/h3-4,6H,5H2,1-2H3,(H,8,10). The lowest BCUT2D eigenvalue weighted by Crippen LogP contribution is -2.22. The zero-order valence-corrected chi connectivity index (χ0v) is 6.70. The predicted octanol–water partition coefficient (Wildman–Crippen LogP) is 0.384. The molecule has 4 nitrogen and oxygen atoms in total. The lowest BCUT2D eigenvalue weighted by molar-refractivity contribution is 0.161. The minimum absolute atomic E-state index is 0.0884. The third-order valence-corrected chi connectivity index (χ3v) is 1.56. The molecule has 0 saturated carbocycles. The zero-order chi connectivity index (χ0) is 8.27. The molecule has 62 valence electrons. The van der Waals surface area contributed by atoms with E-state index in [1.165, 1.54) is 0 Å². The van der Waals surface area contributed by atoms with Gasteiger partial charge in [0, 0.05) is 19.5 Å².